The van der Waals surface area contributed by atoms with Gasteiger partial charge in [-0.1, -0.05) is 30.3 Å². The lowest BCUT2D eigenvalue weighted by molar-refractivity contribution is -0.140. The smallest absolute Gasteiger partial charge is 0.347 e. The lowest BCUT2D eigenvalue weighted by atomic mass is 9.82. The van der Waals surface area contributed by atoms with Crippen LogP contribution < -0.4 is 20.9 Å². The SMILES string of the molecule is NC(N)=NCC1CCC(C(=O)Oc2ccccc2C(=O)Oc2ccccc2)CC1. The predicted octanol–water partition coefficient (Wildman–Crippen LogP) is 2.89. The molecule has 1 fully saturated rings. The third kappa shape index (κ3) is 5.81. The van der Waals surface area contributed by atoms with E-state index in [0.717, 1.165) is 12.8 Å². The molecule has 7 heteroatoms. The highest BCUT2D eigenvalue weighted by atomic mass is 16.5. The molecule has 2 aromatic carbocycles. The lowest BCUT2D eigenvalue weighted by Gasteiger charge is -2.26. The van der Waals surface area contributed by atoms with Crippen molar-refractivity contribution < 1.29 is 19.1 Å². The summed E-state index contributed by atoms with van der Waals surface area (Å²) in [7, 11) is 0. The number of rotatable bonds is 6. The zero-order valence-corrected chi connectivity index (χ0v) is 16.1. The Morgan fingerprint density at radius 1 is 0.897 bits per heavy atom. The van der Waals surface area contributed by atoms with Crippen LogP contribution in [0.4, 0.5) is 0 Å². The molecule has 2 aromatic rings. The van der Waals surface area contributed by atoms with E-state index in [-0.39, 0.29) is 29.2 Å². The van der Waals surface area contributed by atoms with Gasteiger partial charge in [0.25, 0.3) is 0 Å². The molecule has 152 valence electrons. The summed E-state index contributed by atoms with van der Waals surface area (Å²) in [5.74, 6) is -0.00644. The number of esters is 2. The van der Waals surface area contributed by atoms with Crippen molar-refractivity contribution in [1.29, 1.82) is 0 Å². The second kappa shape index (κ2) is 9.73. The molecule has 7 nitrogen and oxygen atoms in total. The normalized spacial score (nSPS) is 18.5. The Balaban J connectivity index is 1.60. The third-order valence-electron chi connectivity index (χ3n) is 4.98. The molecular weight excluding hydrogens is 370 g/mol. The van der Waals surface area contributed by atoms with Gasteiger partial charge in [0.05, 0.1) is 5.92 Å². The van der Waals surface area contributed by atoms with Crippen LogP contribution in [0.15, 0.2) is 59.6 Å². The summed E-state index contributed by atoms with van der Waals surface area (Å²) in [5.41, 5.74) is 11.0. The fraction of sp³-hybridized carbons (Fsp3) is 0.318. The Labute approximate surface area is 169 Å². The summed E-state index contributed by atoms with van der Waals surface area (Å²) in [6.07, 6.45) is 3.13. The molecule has 1 aliphatic carbocycles. The Morgan fingerprint density at radius 3 is 2.24 bits per heavy atom. The zero-order valence-electron chi connectivity index (χ0n) is 16.1. The summed E-state index contributed by atoms with van der Waals surface area (Å²) in [4.78, 5) is 29.2. The third-order valence-corrected chi connectivity index (χ3v) is 4.98. The molecule has 0 amide bonds. The van der Waals surface area contributed by atoms with Crippen LogP contribution in [0, 0.1) is 11.8 Å². The van der Waals surface area contributed by atoms with Crippen molar-refractivity contribution in [3.63, 3.8) is 0 Å². The number of carbonyl (C=O) groups excluding carboxylic acids is 2. The highest BCUT2D eigenvalue weighted by Gasteiger charge is 2.28. The van der Waals surface area contributed by atoms with Gasteiger partial charge in [0.1, 0.15) is 17.1 Å². The van der Waals surface area contributed by atoms with Crippen molar-refractivity contribution in [3.05, 3.63) is 60.2 Å². The van der Waals surface area contributed by atoms with Crippen LogP contribution >= 0.6 is 0 Å². The van der Waals surface area contributed by atoms with E-state index < -0.39 is 5.97 Å². The number of aliphatic imine (C=N–C) groups is 1. The molecule has 3 rings (SSSR count). The Bertz CT molecular complexity index is 871. The molecule has 0 atom stereocenters. The fourth-order valence-electron chi connectivity index (χ4n) is 3.38. The Hall–Kier alpha value is -3.35. The van der Waals surface area contributed by atoms with Gasteiger partial charge in [0.15, 0.2) is 5.96 Å². The van der Waals surface area contributed by atoms with Crippen LogP contribution in [-0.4, -0.2) is 24.4 Å². The van der Waals surface area contributed by atoms with Gasteiger partial charge < -0.3 is 20.9 Å². The Kier molecular flexibility index (Phi) is 6.84. The van der Waals surface area contributed by atoms with E-state index in [0.29, 0.717) is 31.1 Å². The molecule has 1 aliphatic rings. The number of nitrogens with zero attached hydrogens (tertiary/aromatic N) is 1. The van der Waals surface area contributed by atoms with Crippen molar-refractivity contribution in [2.24, 2.45) is 28.3 Å². The van der Waals surface area contributed by atoms with Gasteiger partial charge in [-0.05, 0) is 55.9 Å². The van der Waals surface area contributed by atoms with Crippen LogP contribution in [0.25, 0.3) is 0 Å². The quantitative estimate of drug-likeness (QED) is 0.336. The molecular formula is C22H25N3O4. The predicted molar refractivity (Wildman–Crippen MR) is 110 cm³/mol. The minimum absolute atomic E-state index is 0.0885. The average Bonchev–Trinajstić information content (AvgIpc) is 2.73. The van der Waals surface area contributed by atoms with Crippen LogP contribution in [0.1, 0.15) is 36.0 Å². The van der Waals surface area contributed by atoms with E-state index in [1.54, 1.807) is 48.5 Å². The highest BCUT2D eigenvalue weighted by molar-refractivity contribution is 5.95. The minimum atomic E-state index is -0.569. The molecule has 0 heterocycles. The van der Waals surface area contributed by atoms with E-state index in [9.17, 15) is 9.59 Å². The van der Waals surface area contributed by atoms with E-state index >= 15 is 0 Å². The summed E-state index contributed by atoms with van der Waals surface area (Å²) < 4.78 is 10.9. The lowest BCUT2D eigenvalue weighted by Crippen LogP contribution is -2.28. The van der Waals surface area contributed by atoms with Gasteiger partial charge in [0, 0.05) is 6.54 Å². The van der Waals surface area contributed by atoms with Gasteiger partial charge in [0.2, 0.25) is 0 Å². The summed E-state index contributed by atoms with van der Waals surface area (Å²) in [5, 5.41) is 0. The second-order valence-electron chi connectivity index (χ2n) is 7.10. The average molecular weight is 395 g/mol. The topological polar surface area (TPSA) is 117 Å². The Morgan fingerprint density at radius 2 is 1.55 bits per heavy atom. The molecule has 4 N–H and O–H groups in total. The molecule has 0 bridgehead atoms. The fourth-order valence-corrected chi connectivity index (χ4v) is 3.38. The largest absolute Gasteiger partial charge is 0.425 e. The number of hydrogen-bond acceptors (Lipinski definition) is 5. The molecule has 1 saturated carbocycles. The summed E-state index contributed by atoms with van der Waals surface area (Å²) in [6, 6.07) is 15.4. The molecule has 0 saturated heterocycles. The maximum Gasteiger partial charge on any atom is 0.347 e. The van der Waals surface area contributed by atoms with Crippen molar-refractivity contribution in [2.45, 2.75) is 25.7 Å². The van der Waals surface area contributed by atoms with Crippen molar-refractivity contribution >= 4 is 17.9 Å². The first-order chi connectivity index (χ1) is 14.0. The van der Waals surface area contributed by atoms with E-state index in [1.807, 2.05) is 6.07 Å². The maximum absolute atomic E-state index is 12.6. The van der Waals surface area contributed by atoms with E-state index in [2.05, 4.69) is 4.99 Å². The van der Waals surface area contributed by atoms with Crippen LogP contribution in [0.2, 0.25) is 0 Å². The zero-order chi connectivity index (χ0) is 20.6. The number of guanidine groups is 1. The number of para-hydroxylation sites is 2. The number of carbonyl (C=O) groups is 2. The van der Waals surface area contributed by atoms with E-state index in [4.69, 9.17) is 20.9 Å². The second-order valence-corrected chi connectivity index (χ2v) is 7.10. The van der Waals surface area contributed by atoms with Gasteiger partial charge in [-0.15, -0.1) is 0 Å². The number of nitrogens with two attached hydrogens (primary N) is 2. The number of ether oxygens (including phenoxy) is 2. The van der Waals surface area contributed by atoms with Crippen molar-refractivity contribution in [1.82, 2.24) is 0 Å². The summed E-state index contributed by atoms with van der Waals surface area (Å²) >= 11 is 0. The van der Waals surface area contributed by atoms with Gasteiger partial charge in [-0.3, -0.25) is 9.79 Å². The monoisotopic (exact) mass is 395 g/mol. The van der Waals surface area contributed by atoms with Gasteiger partial charge in [-0.25, -0.2) is 4.79 Å². The minimum Gasteiger partial charge on any atom is -0.425 e. The first-order valence-corrected chi connectivity index (χ1v) is 9.66. The standard InChI is InChI=1S/C22H25N3O4/c23-22(24)25-14-15-10-12-16(13-11-15)20(26)29-19-9-5-4-8-18(19)21(27)28-17-6-2-1-3-7-17/h1-9,15-16H,10-14H2,(H4,23,24,25). The van der Waals surface area contributed by atoms with Gasteiger partial charge in [-0.2, -0.15) is 0 Å². The molecule has 0 radical (unpaired) electrons. The number of benzene rings is 2. The van der Waals surface area contributed by atoms with Gasteiger partial charge >= 0.3 is 11.9 Å². The molecule has 0 aliphatic heterocycles. The first-order valence-electron chi connectivity index (χ1n) is 9.66. The van der Waals surface area contributed by atoms with Crippen LogP contribution in [0.3, 0.4) is 0 Å². The highest BCUT2D eigenvalue weighted by Crippen LogP contribution is 2.31. The maximum atomic E-state index is 12.6. The molecule has 0 unspecified atom stereocenters. The van der Waals surface area contributed by atoms with Crippen LogP contribution in [-0.2, 0) is 4.79 Å². The number of hydrogen-bond donors (Lipinski definition) is 2. The van der Waals surface area contributed by atoms with Crippen molar-refractivity contribution in [3.8, 4) is 11.5 Å². The molecule has 0 spiro atoms. The molecule has 0 aromatic heterocycles. The summed E-state index contributed by atoms with van der Waals surface area (Å²) in [6.45, 7) is 0.582. The molecule has 29 heavy (non-hydrogen) atoms. The van der Waals surface area contributed by atoms with Crippen molar-refractivity contribution in [2.75, 3.05) is 6.54 Å². The van der Waals surface area contributed by atoms with Crippen LogP contribution in [0.5, 0.6) is 11.5 Å². The van der Waals surface area contributed by atoms with E-state index in [1.165, 1.54) is 0 Å². The first kappa shape index (κ1) is 20.4.